The van der Waals surface area contributed by atoms with Crippen molar-refractivity contribution in [1.29, 1.82) is 0 Å². The van der Waals surface area contributed by atoms with Crippen LogP contribution in [0.1, 0.15) is 11.3 Å². The van der Waals surface area contributed by atoms with E-state index in [1.54, 1.807) is 18.3 Å². The van der Waals surface area contributed by atoms with E-state index in [1.165, 1.54) is 4.90 Å². The van der Waals surface area contributed by atoms with E-state index in [0.29, 0.717) is 11.6 Å². The number of nitrogens with zero attached hydrogens (tertiary/aromatic N) is 3. The quantitative estimate of drug-likeness (QED) is 0.730. The zero-order valence-corrected chi connectivity index (χ0v) is 16.7. The fourth-order valence-electron chi connectivity index (χ4n) is 3.51. The van der Waals surface area contributed by atoms with Gasteiger partial charge in [0.05, 0.1) is 13.0 Å². The minimum atomic E-state index is -1.34. The van der Waals surface area contributed by atoms with Gasteiger partial charge < -0.3 is 20.0 Å². The van der Waals surface area contributed by atoms with Crippen molar-refractivity contribution in [3.63, 3.8) is 0 Å². The van der Waals surface area contributed by atoms with Crippen LogP contribution < -0.4 is 0 Å². The number of carbonyl (C=O) groups is 1. The molecule has 0 spiro atoms. The van der Waals surface area contributed by atoms with Crippen LogP contribution in [0.25, 0.3) is 0 Å². The molecule has 0 bridgehead atoms. The summed E-state index contributed by atoms with van der Waals surface area (Å²) in [5.41, 5.74) is 0.494. The van der Waals surface area contributed by atoms with Crippen molar-refractivity contribution in [2.45, 2.75) is 24.5 Å². The number of rotatable bonds is 7. The van der Waals surface area contributed by atoms with Crippen molar-refractivity contribution in [3.8, 4) is 0 Å². The second-order valence-corrected chi connectivity index (χ2v) is 7.94. The molecule has 7 heteroatoms. The molecule has 1 aromatic heterocycles. The number of likely N-dealkylation sites (tertiary alicyclic amines) is 1. The van der Waals surface area contributed by atoms with Gasteiger partial charge in [0.2, 0.25) is 5.91 Å². The summed E-state index contributed by atoms with van der Waals surface area (Å²) in [5.74, 6) is -0.117. The van der Waals surface area contributed by atoms with E-state index in [0.717, 1.165) is 17.7 Å². The molecule has 2 N–H and O–H groups in total. The van der Waals surface area contributed by atoms with Crippen LogP contribution in [0.5, 0.6) is 0 Å². The maximum absolute atomic E-state index is 12.6. The molecule has 1 aromatic carbocycles. The molecule has 150 valence electrons. The Morgan fingerprint density at radius 2 is 2.07 bits per heavy atom. The normalized spacial score (nSPS) is 22.0. The summed E-state index contributed by atoms with van der Waals surface area (Å²) >= 11 is 5.88. The molecular weight excluding hydrogens is 378 g/mol. The Balaban J connectivity index is 1.53. The molecular formula is C21H26ClN3O3. The van der Waals surface area contributed by atoms with Crippen LogP contribution in [-0.4, -0.2) is 75.8 Å². The molecule has 3 rings (SSSR count). The molecule has 2 heterocycles. The number of likely N-dealkylation sites (N-methyl/N-ethyl adjacent to an activating group) is 1. The lowest BCUT2D eigenvalue weighted by Gasteiger charge is -2.30. The van der Waals surface area contributed by atoms with Crippen LogP contribution in [0.3, 0.4) is 0 Å². The highest BCUT2D eigenvalue weighted by Crippen LogP contribution is 2.24. The highest BCUT2D eigenvalue weighted by atomic mass is 35.5. The van der Waals surface area contributed by atoms with Gasteiger partial charge in [0.1, 0.15) is 11.7 Å². The van der Waals surface area contributed by atoms with Gasteiger partial charge in [-0.2, -0.15) is 0 Å². The summed E-state index contributed by atoms with van der Waals surface area (Å²) in [4.78, 5) is 20.4. The summed E-state index contributed by atoms with van der Waals surface area (Å²) in [6, 6.07) is 12.9. The predicted octanol–water partition coefficient (Wildman–Crippen LogP) is 1.39. The number of aromatic nitrogens is 1. The number of halogens is 1. The van der Waals surface area contributed by atoms with Crippen LogP contribution in [-0.2, 0) is 17.6 Å². The van der Waals surface area contributed by atoms with Gasteiger partial charge >= 0.3 is 0 Å². The number of carbonyl (C=O) groups excluding carboxylic acids is 1. The Bertz CT molecular complexity index is 787. The van der Waals surface area contributed by atoms with Crippen LogP contribution >= 0.6 is 11.6 Å². The van der Waals surface area contributed by atoms with E-state index in [4.69, 9.17) is 11.6 Å². The fourth-order valence-corrected chi connectivity index (χ4v) is 3.64. The summed E-state index contributed by atoms with van der Waals surface area (Å²) in [6.07, 6.45) is 1.75. The first-order chi connectivity index (χ1) is 13.4. The van der Waals surface area contributed by atoms with Gasteiger partial charge in [-0.1, -0.05) is 29.8 Å². The van der Waals surface area contributed by atoms with Gasteiger partial charge in [-0.05, 0) is 36.9 Å². The third-order valence-corrected chi connectivity index (χ3v) is 5.37. The van der Waals surface area contributed by atoms with Gasteiger partial charge in [-0.25, -0.2) is 0 Å². The zero-order chi connectivity index (χ0) is 20.1. The third kappa shape index (κ3) is 5.29. The van der Waals surface area contributed by atoms with Gasteiger partial charge in [0.15, 0.2) is 0 Å². The molecule has 1 aliphatic heterocycles. The average molecular weight is 404 g/mol. The number of aliphatic hydroxyl groups excluding tert-OH is 1. The summed E-state index contributed by atoms with van der Waals surface area (Å²) in [6.45, 7) is 1.24. The lowest BCUT2D eigenvalue weighted by molar-refractivity contribution is -0.130. The highest BCUT2D eigenvalue weighted by Gasteiger charge is 2.46. The van der Waals surface area contributed by atoms with Gasteiger partial charge in [0, 0.05) is 43.0 Å². The standard InChI is InChI=1S/C21H26ClN3O3/c1-24(11-9-18-4-2-3-10-23-18)14-21(28)15-25(13-19(21)26)20(27)12-16-5-7-17(22)8-6-16/h2-8,10,19,26,28H,9,11-15H2,1H3/t19-,21+/m1/s1. The average Bonchev–Trinajstić information content (AvgIpc) is 2.97. The maximum Gasteiger partial charge on any atom is 0.227 e. The van der Waals surface area contributed by atoms with Crippen molar-refractivity contribution < 1.29 is 15.0 Å². The molecule has 1 saturated heterocycles. The minimum Gasteiger partial charge on any atom is -0.388 e. The number of hydrogen-bond donors (Lipinski definition) is 2. The molecule has 1 fully saturated rings. The Morgan fingerprint density at radius 1 is 1.32 bits per heavy atom. The predicted molar refractivity (Wildman–Crippen MR) is 108 cm³/mol. The first kappa shape index (κ1) is 20.7. The number of pyridine rings is 1. The van der Waals surface area contributed by atoms with E-state index in [-0.39, 0.29) is 32.0 Å². The molecule has 0 saturated carbocycles. The summed E-state index contributed by atoms with van der Waals surface area (Å²) < 4.78 is 0. The lowest BCUT2D eigenvalue weighted by Crippen LogP contribution is -2.51. The van der Waals surface area contributed by atoms with Crippen LogP contribution in [0, 0.1) is 0 Å². The van der Waals surface area contributed by atoms with Crippen LogP contribution in [0.2, 0.25) is 5.02 Å². The van der Waals surface area contributed by atoms with Crippen molar-refractivity contribution >= 4 is 17.5 Å². The summed E-state index contributed by atoms with van der Waals surface area (Å²) in [7, 11) is 1.89. The Morgan fingerprint density at radius 3 is 2.75 bits per heavy atom. The maximum atomic E-state index is 12.6. The van der Waals surface area contributed by atoms with E-state index in [2.05, 4.69) is 4.98 Å². The second-order valence-electron chi connectivity index (χ2n) is 7.51. The van der Waals surface area contributed by atoms with Crippen LogP contribution in [0.4, 0.5) is 0 Å². The Kier molecular flexibility index (Phi) is 6.67. The topological polar surface area (TPSA) is 76.9 Å². The van der Waals surface area contributed by atoms with Crippen molar-refractivity contribution in [3.05, 3.63) is 64.9 Å². The van der Waals surface area contributed by atoms with Gasteiger partial charge in [-0.3, -0.25) is 9.78 Å². The number of aliphatic hydroxyl groups is 2. The van der Waals surface area contributed by atoms with Gasteiger partial charge in [0.25, 0.3) is 0 Å². The largest absolute Gasteiger partial charge is 0.388 e. The van der Waals surface area contributed by atoms with Gasteiger partial charge in [-0.15, -0.1) is 0 Å². The molecule has 28 heavy (non-hydrogen) atoms. The smallest absolute Gasteiger partial charge is 0.227 e. The van der Waals surface area contributed by atoms with E-state index < -0.39 is 11.7 Å². The Labute approximate surface area is 170 Å². The molecule has 1 aliphatic rings. The number of amides is 1. The SMILES string of the molecule is CN(CCc1ccccn1)C[C@]1(O)CN(C(=O)Cc2ccc(Cl)cc2)C[C@H]1O. The molecule has 0 aliphatic carbocycles. The molecule has 0 unspecified atom stereocenters. The summed E-state index contributed by atoms with van der Waals surface area (Å²) in [5, 5.41) is 22.0. The van der Waals surface area contributed by atoms with E-state index in [1.807, 2.05) is 42.3 Å². The minimum absolute atomic E-state index is 0.117. The van der Waals surface area contributed by atoms with Crippen molar-refractivity contribution in [2.24, 2.45) is 0 Å². The second kappa shape index (κ2) is 9.01. The first-order valence-electron chi connectivity index (χ1n) is 9.37. The lowest BCUT2D eigenvalue weighted by atomic mass is 10.00. The molecule has 2 aromatic rings. The van der Waals surface area contributed by atoms with E-state index >= 15 is 0 Å². The third-order valence-electron chi connectivity index (χ3n) is 5.12. The van der Waals surface area contributed by atoms with Crippen molar-refractivity contribution in [2.75, 3.05) is 33.2 Å². The number of β-amino-alcohol motifs (C(OH)–C–C–N with tert-alkyl or cyclic N) is 2. The molecule has 6 nitrogen and oxygen atoms in total. The fraction of sp³-hybridized carbons (Fsp3) is 0.429. The first-order valence-corrected chi connectivity index (χ1v) is 9.75. The molecule has 0 radical (unpaired) electrons. The monoisotopic (exact) mass is 403 g/mol. The molecule has 2 atom stereocenters. The highest BCUT2D eigenvalue weighted by molar-refractivity contribution is 6.30. The molecule has 1 amide bonds. The van der Waals surface area contributed by atoms with E-state index in [9.17, 15) is 15.0 Å². The number of benzene rings is 1. The Hall–Kier alpha value is -1.99. The zero-order valence-electron chi connectivity index (χ0n) is 16.0. The number of hydrogen-bond acceptors (Lipinski definition) is 5. The van der Waals surface area contributed by atoms with Crippen molar-refractivity contribution in [1.82, 2.24) is 14.8 Å². The van der Waals surface area contributed by atoms with Crippen LogP contribution in [0.15, 0.2) is 48.7 Å².